The topological polar surface area (TPSA) is 54.8 Å². The second kappa shape index (κ2) is 15.0. The Kier molecular flexibility index (Phi) is 8.45. The Hall–Kier alpha value is -8.58. The number of amidine groups is 2. The number of aromatic nitrogens is 1. The molecule has 0 saturated carbocycles. The van der Waals surface area contributed by atoms with Crippen molar-refractivity contribution in [2.24, 2.45) is 9.98 Å². The van der Waals surface area contributed by atoms with Crippen LogP contribution in [0.4, 0.5) is 0 Å². The van der Waals surface area contributed by atoms with Gasteiger partial charge in [-0.05, 0) is 87.6 Å². The van der Waals surface area contributed by atoms with Crippen LogP contribution in [0, 0.1) is 0 Å². The van der Waals surface area contributed by atoms with Crippen LogP contribution in [0.5, 0.6) is 0 Å². The predicted molar refractivity (Wildman–Crippen MR) is 281 cm³/mol. The van der Waals surface area contributed by atoms with Gasteiger partial charge in [0.2, 0.25) is 0 Å². The van der Waals surface area contributed by atoms with Crippen molar-refractivity contribution in [3.63, 3.8) is 0 Å². The standard InChI is InChI=1S/C61H38N4OS/c1-3-14-37(15-4-1)38-26-28-40(29-27-38)59-62-60(43-30-31-57-49(33-43)45-21-10-12-25-56(45)67-57)64-61(63-59)46-22-13-24-54-58(46)50-35-47(39-16-5-2-6-17-39)53(36-55(50)66-54)65-51-23-11-9-20-44(51)48-32-41-18-7-8-19-42(41)34-52(48)65/h1-36,59H,(H,62,63,64). The number of benzene rings is 10. The Morgan fingerprint density at radius 1 is 0.448 bits per heavy atom. The summed E-state index contributed by atoms with van der Waals surface area (Å²) < 4.78 is 11.9. The van der Waals surface area contributed by atoms with E-state index in [4.69, 9.17) is 14.4 Å². The first-order valence-corrected chi connectivity index (χ1v) is 23.5. The molecule has 10 aromatic carbocycles. The molecule has 67 heavy (non-hydrogen) atoms. The van der Waals surface area contributed by atoms with Gasteiger partial charge in [-0.3, -0.25) is 0 Å². The number of thiophene rings is 1. The summed E-state index contributed by atoms with van der Waals surface area (Å²) in [5.41, 5.74) is 12.4. The molecule has 1 aliphatic rings. The van der Waals surface area contributed by atoms with Crippen LogP contribution in [0.1, 0.15) is 22.9 Å². The van der Waals surface area contributed by atoms with E-state index in [9.17, 15) is 0 Å². The van der Waals surface area contributed by atoms with E-state index in [1.807, 2.05) is 11.3 Å². The highest BCUT2D eigenvalue weighted by Crippen LogP contribution is 2.43. The number of para-hydroxylation sites is 1. The Labute approximate surface area is 389 Å². The second-order valence-corrected chi connectivity index (χ2v) is 18.4. The zero-order valence-corrected chi connectivity index (χ0v) is 36.8. The summed E-state index contributed by atoms with van der Waals surface area (Å²) >= 11 is 1.82. The average Bonchev–Trinajstić information content (AvgIpc) is 4.06. The van der Waals surface area contributed by atoms with Crippen LogP contribution in [0.25, 0.3) is 103 Å². The monoisotopic (exact) mass is 874 g/mol. The molecule has 0 bridgehead atoms. The van der Waals surface area contributed by atoms with Crippen LogP contribution in [0.3, 0.4) is 0 Å². The first-order chi connectivity index (χ1) is 33.2. The average molecular weight is 875 g/mol. The van der Waals surface area contributed by atoms with Crippen LogP contribution < -0.4 is 5.32 Å². The maximum atomic E-state index is 6.93. The van der Waals surface area contributed by atoms with Gasteiger partial charge in [-0.25, -0.2) is 9.98 Å². The smallest absolute Gasteiger partial charge is 0.160 e. The van der Waals surface area contributed by atoms with Crippen molar-refractivity contribution in [1.29, 1.82) is 0 Å². The molecule has 1 aliphatic heterocycles. The maximum absolute atomic E-state index is 6.93. The lowest BCUT2D eigenvalue weighted by atomic mass is 9.98. The summed E-state index contributed by atoms with van der Waals surface area (Å²) in [5.74, 6) is 1.42. The van der Waals surface area contributed by atoms with Crippen LogP contribution in [-0.4, -0.2) is 16.2 Å². The van der Waals surface area contributed by atoms with Crippen molar-refractivity contribution in [3.05, 3.63) is 235 Å². The molecule has 14 rings (SSSR count). The van der Waals surface area contributed by atoms with Crippen LogP contribution in [0.15, 0.2) is 233 Å². The summed E-state index contributed by atoms with van der Waals surface area (Å²) in [6, 6.07) is 78.1. The van der Waals surface area contributed by atoms with Crippen LogP contribution in [-0.2, 0) is 0 Å². The Balaban J connectivity index is 0.985. The number of aliphatic imine (C=N–C) groups is 2. The van der Waals surface area contributed by atoms with Gasteiger partial charge in [-0.1, -0.05) is 158 Å². The minimum atomic E-state index is -0.395. The van der Waals surface area contributed by atoms with E-state index in [1.165, 1.54) is 47.3 Å². The van der Waals surface area contributed by atoms with Gasteiger partial charge in [0.15, 0.2) is 5.84 Å². The summed E-state index contributed by atoms with van der Waals surface area (Å²) in [4.78, 5) is 10.9. The molecule has 1 unspecified atom stereocenters. The summed E-state index contributed by atoms with van der Waals surface area (Å²) in [5, 5.41) is 13.1. The van der Waals surface area contributed by atoms with Crippen molar-refractivity contribution >= 4 is 97.7 Å². The lowest BCUT2D eigenvalue weighted by Gasteiger charge is -2.24. The molecule has 13 aromatic rings. The van der Waals surface area contributed by atoms with E-state index in [-0.39, 0.29) is 0 Å². The fourth-order valence-electron chi connectivity index (χ4n) is 10.2. The fourth-order valence-corrected chi connectivity index (χ4v) is 11.3. The lowest BCUT2D eigenvalue weighted by molar-refractivity contribution is 0.668. The minimum Gasteiger partial charge on any atom is -0.456 e. The highest BCUT2D eigenvalue weighted by atomic mass is 32.1. The highest BCUT2D eigenvalue weighted by Gasteiger charge is 2.26. The van der Waals surface area contributed by atoms with Crippen LogP contribution >= 0.6 is 11.3 Å². The third kappa shape index (κ3) is 6.14. The first kappa shape index (κ1) is 37.8. The Bertz CT molecular complexity index is 4180. The summed E-state index contributed by atoms with van der Waals surface area (Å²) in [6.45, 7) is 0. The molecular formula is C61H38N4OS. The summed E-state index contributed by atoms with van der Waals surface area (Å²) in [6.07, 6.45) is -0.395. The highest BCUT2D eigenvalue weighted by molar-refractivity contribution is 7.25. The molecule has 5 nitrogen and oxygen atoms in total. The van der Waals surface area contributed by atoms with Crippen LogP contribution in [0.2, 0.25) is 0 Å². The normalized spacial score (nSPS) is 14.1. The molecule has 3 aromatic heterocycles. The van der Waals surface area contributed by atoms with Crippen molar-refractivity contribution < 1.29 is 4.42 Å². The molecule has 1 atom stereocenters. The summed E-state index contributed by atoms with van der Waals surface area (Å²) in [7, 11) is 0. The van der Waals surface area contributed by atoms with Gasteiger partial charge in [0.1, 0.15) is 23.2 Å². The zero-order valence-electron chi connectivity index (χ0n) is 36.0. The predicted octanol–water partition coefficient (Wildman–Crippen LogP) is 16.0. The number of hydrogen-bond acceptors (Lipinski definition) is 5. The van der Waals surface area contributed by atoms with E-state index in [0.717, 1.165) is 77.9 Å². The molecule has 0 aliphatic carbocycles. The molecule has 0 spiro atoms. The SMILES string of the molecule is c1ccc(-c2ccc(C3N=C(c4cccc5oc6cc(-n7c8ccccc8c8cc9ccccc9cc87)c(-c7ccccc7)cc6c45)N=C(c4ccc5sc6ccccc6c5c4)N3)cc2)cc1. The maximum Gasteiger partial charge on any atom is 0.160 e. The number of fused-ring (bicyclic) bond motifs is 10. The van der Waals surface area contributed by atoms with Gasteiger partial charge in [-0.15, -0.1) is 11.3 Å². The number of nitrogens with one attached hydrogen (secondary N) is 1. The van der Waals surface area contributed by atoms with Crippen molar-refractivity contribution in [2.75, 3.05) is 0 Å². The zero-order chi connectivity index (χ0) is 44.0. The van der Waals surface area contributed by atoms with Gasteiger partial charge in [0, 0.05) is 64.5 Å². The number of furan rings is 1. The Morgan fingerprint density at radius 3 is 1.97 bits per heavy atom. The van der Waals surface area contributed by atoms with Gasteiger partial charge < -0.3 is 14.3 Å². The number of rotatable bonds is 6. The molecule has 6 heteroatoms. The van der Waals surface area contributed by atoms with Gasteiger partial charge in [0.05, 0.1) is 16.7 Å². The molecule has 4 heterocycles. The quantitative estimate of drug-likeness (QED) is 0.181. The van der Waals surface area contributed by atoms with E-state index in [0.29, 0.717) is 5.84 Å². The van der Waals surface area contributed by atoms with Gasteiger partial charge in [-0.2, -0.15) is 0 Å². The third-order valence-corrected chi connectivity index (χ3v) is 14.6. The first-order valence-electron chi connectivity index (χ1n) is 22.7. The Morgan fingerprint density at radius 2 is 1.13 bits per heavy atom. The lowest BCUT2D eigenvalue weighted by Crippen LogP contribution is -2.33. The third-order valence-electron chi connectivity index (χ3n) is 13.4. The van der Waals surface area contributed by atoms with Gasteiger partial charge in [0.25, 0.3) is 0 Å². The molecule has 0 amide bonds. The van der Waals surface area contributed by atoms with Crippen molar-refractivity contribution in [1.82, 2.24) is 9.88 Å². The minimum absolute atomic E-state index is 0.395. The molecule has 314 valence electrons. The van der Waals surface area contributed by atoms with E-state index in [1.54, 1.807) is 0 Å². The largest absolute Gasteiger partial charge is 0.456 e. The van der Waals surface area contributed by atoms with Crippen molar-refractivity contribution in [2.45, 2.75) is 6.17 Å². The van der Waals surface area contributed by atoms with E-state index >= 15 is 0 Å². The van der Waals surface area contributed by atoms with E-state index in [2.05, 4.69) is 228 Å². The number of hydrogen-bond donors (Lipinski definition) is 1. The van der Waals surface area contributed by atoms with Gasteiger partial charge >= 0.3 is 0 Å². The molecular weight excluding hydrogens is 837 g/mol. The number of nitrogens with zero attached hydrogens (tertiary/aromatic N) is 3. The molecule has 0 saturated heterocycles. The molecule has 0 fully saturated rings. The van der Waals surface area contributed by atoms with E-state index < -0.39 is 6.17 Å². The molecule has 1 N–H and O–H groups in total. The van der Waals surface area contributed by atoms with Crippen molar-refractivity contribution in [3.8, 4) is 27.9 Å². The second-order valence-electron chi connectivity index (χ2n) is 17.3. The molecule has 0 radical (unpaired) electrons. The fraction of sp³-hybridized carbons (Fsp3) is 0.0164.